The highest BCUT2D eigenvalue weighted by atomic mass is 127. The molecule has 0 radical (unpaired) electrons. The van der Waals surface area contributed by atoms with Crippen LogP contribution in [-0.2, 0) is 6.54 Å². The average molecular weight is 510 g/mol. The molecule has 1 amide bonds. The van der Waals surface area contributed by atoms with Crippen LogP contribution in [0.4, 0.5) is 5.69 Å². The van der Waals surface area contributed by atoms with Crippen molar-refractivity contribution >= 4 is 41.5 Å². The van der Waals surface area contributed by atoms with Gasteiger partial charge in [-0.05, 0) is 54.5 Å². The predicted molar refractivity (Wildman–Crippen MR) is 128 cm³/mol. The van der Waals surface area contributed by atoms with Gasteiger partial charge in [0.2, 0.25) is 0 Å². The quantitative estimate of drug-likeness (QED) is 0.339. The summed E-state index contributed by atoms with van der Waals surface area (Å²) in [6, 6.07) is 11.1. The Morgan fingerprint density at radius 2 is 2.03 bits per heavy atom. The van der Waals surface area contributed by atoms with Gasteiger partial charge in [-0.3, -0.25) is 9.79 Å². The van der Waals surface area contributed by atoms with Gasteiger partial charge < -0.3 is 20.0 Å². The first-order valence-corrected chi connectivity index (χ1v) is 9.94. The minimum absolute atomic E-state index is 0. The lowest BCUT2D eigenvalue weighted by Gasteiger charge is -2.22. The third-order valence-electron chi connectivity index (χ3n) is 5.01. The van der Waals surface area contributed by atoms with Crippen molar-refractivity contribution in [3.05, 3.63) is 54.0 Å². The number of nitrogens with one attached hydrogen (secondary N) is 2. The Kier molecular flexibility index (Phi) is 9.00. The highest BCUT2D eigenvalue weighted by Crippen LogP contribution is 2.23. The normalized spacial score (nSPS) is 16.6. The van der Waals surface area contributed by atoms with Crippen molar-refractivity contribution in [1.29, 1.82) is 0 Å². The van der Waals surface area contributed by atoms with E-state index in [9.17, 15) is 4.79 Å². The molecule has 0 aliphatic carbocycles. The number of anilines is 1. The van der Waals surface area contributed by atoms with Gasteiger partial charge in [0.15, 0.2) is 11.7 Å². The molecular formula is C22H31IN4O2. The molecule has 158 valence electrons. The number of hydrogen-bond acceptors (Lipinski definition) is 3. The molecule has 29 heavy (non-hydrogen) atoms. The first-order valence-electron chi connectivity index (χ1n) is 9.94. The predicted octanol–water partition coefficient (Wildman–Crippen LogP) is 4.59. The second-order valence-electron chi connectivity index (χ2n) is 7.76. The van der Waals surface area contributed by atoms with Crippen LogP contribution in [0.3, 0.4) is 0 Å². The summed E-state index contributed by atoms with van der Waals surface area (Å²) in [4.78, 5) is 18.8. The summed E-state index contributed by atoms with van der Waals surface area (Å²) >= 11 is 0. The topological polar surface area (TPSA) is 69.9 Å². The molecule has 1 unspecified atom stereocenters. The van der Waals surface area contributed by atoms with E-state index < -0.39 is 0 Å². The summed E-state index contributed by atoms with van der Waals surface area (Å²) < 4.78 is 5.11. The maximum absolute atomic E-state index is 12.0. The van der Waals surface area contributed by atoms with Gasteiger partial charge in [-0.1, -0.05) is 26.0 Å². The molecule has 0 saturated carbocycles. The highest BCUT2D eigenvalue weighted by molar-refractivity contribution is 14.0. The molecule has 7 heteroatoms. The number of likely N-dealkylation sites (tertiary alicyclic amines) is 1. The molecule has 2 aromatic rings. The van der Waals surface area contributed by atoms with Gasteiger partial charge in [-0.2, -0.15) is 0 Å². The summed E-state index contributed by atoms with van der Waals surface area (Å²) in [5, 5.41) is 6.29. The second-order valence-corrected chi connectivity index (χ2v) is 7.76. The standard InChI is InChI=1S/C22H30N4O2.HI/c1-16(2)13-18-10-11-26(15-18)22(23-3)24-14-17-6-8-19(9-7-17)25-21(27)20-5-4-12-28-20;/h4-9,12,16,18H,10-11,13-15H2,1-3H3,(H,23,24)(H,25,27);1H. The van der Waals surface area contributed by atoms with Gasteiger partial charge in [0.05, 0.1) is 6.26 Å². The fraction of sp³-hybridized carbons (Fsp3) is 0.455. The molecule has 1 atom stereocenters. The van der Waals surface area contributed by atoms with Crippen LogP contribution in [0.25, 0.3) is 0 Å². The van der Waals surface area contributed by atoms with Crippen LogP contribution in [0.1, 0.15) is 42.8 Å². The van der Waals surface area contributed by atoms with Crippen LogP contribution in [0.2, 0.25) is 0 Å². The molecule has 2 N–H and O–H groups in total. The van der Waals surface area contributed by atoms with Gasteiger partial charge >= 0.3 is 0 Å². The molecule has 3 rings (SSSR count). The summed E-state index contributed by atoms with van der Waals surface area (Å²) in [6.45, 7) is 7.42. The number of carbonyl (C=O) groups excluding carboxylic acids is 1. The number of benzene rings is 1. The van der Waals surface area contributed by atoms with E-state index in [1.54, 1.807) is 12.1 Å². The monoisotopic (exact) mass is 510 g/mol. The van der Waals surface area contributed by atoms with Crippen molar-refractivity contribution in [2.45, 2.75) is 33.2 Å². The molecular weight excluding hydrogens is 479 g/mol. The average Bonchev–Trinajstić information content (AvgIpc) is 3.35. The Bertz CT molecular complexity index is 788. The van der Waals surface area contributed by atoms with E-state index in [1.807, 2.05) is 31.3 Å². The molecule has 1 aromatic heterocycles. The zero-order valence-electron chi connectivity index (χ0n) is 17.4. The Hall–Kier alpha value is -2.03. The Morgan fingerprint density at radius 3 is 2.66 bits per heavy atom. The minimum Gasteiger partial charge on any atom is -0.459 e. The fourth-order valence-electron chi connectivity index (χ4n) is 3.70. The molecule has 1 saturated heterocycles. The number of amides is 1. The lowest BCUT2D eigenvalue weighted by Crippen LogP contribution is -2.39. The number of rotatable bonds is 6. The lowest BCUT2D eigenvalue weighted by molar-refractivity contribution is 0.0996. The van der Waals surface area contributed by atoms with Crippen LogP contribution in [0.15, 0.2) is 52.1 Å². The van der Waals surface area contributed by atoms with Crippen molar-refractivity contribution in [2.24, 2.45) is 16.8 Å². The Labute approximate surface area is 190 Å². The highest BCUT2D eigenvalue weighted by Gasteiger charge is 2.25. The van der Waals surface area contributed by atoms with Crippen molar-refractivity contribution in [3.63, 3.8) is 0 Å². The molecule has 1 aliphatic heterocycles. The van der Waals surface area contributed by atoms with Crippen LogP contribution < -0.4 is 10.6 Å². The van der Waals surface area contributed by atoms with Gasteiger partial charge in [-0.25, -0.2) is 0 Å². The van der Waals surface area contributed by atoms with E-state index in [0.717, 1.165) is 42.1 Å². The molecule has 0 spiro atoms. The van der Waals surface area contributed by atoms with E-state index in [4.69, 9.17) is 4.42 Å². The third kappa shape index (κ3) is 6.76. The number of hydrogen-bond donors (Lipinski definition) is 2. The van der Waals surface area contributed by atoms with Gasteiger partial charge in [0.25, 0.3) is 5.91 Å². The van der Waals surface area contributed by atoms with E-state index in [1.165, 1.54) is 19.1 Å². The van der Waals surface area contributed by atoms with Crippen molar-refractivity contribution < 1.29 is 9.21 Å². The summed E-state index contributed by atoms with van der Waals surface area (Å²) in [5.41, 5.74) is 1.88. The molecule has 1 fully saturated rings. The summed E-state index contributed by atoms with van der Waals surface area (Å²) in [6.07, 6.45) is 4.00. The molecule has 1 aromatic carbocycles. The second kappa shape index (κ2) is 11.2. The van der Waals surface area contributed by atoms with Gasteiger partial charge in [0, 0.05) is 32.4 Å². The zero-order valence-corrected chi connectivity index (χ0v) is 19.7. The largest absolute Gasteiger partial charge is 0.459 e. The van der Waals surface area contributed by atoms with Crippen molar-refractivity contribution in [3.8, 4) is 0 Å². The molecule has 2 heterocycles. The van der Waals surface area contributed by atoms with Gasteiger partial charge in [-0.15, -0.1) is 24.0 Å². The first kappa shape index (κ1) is 23.3. The number of carbonyl (C=O) groups is 1. The molecule has 0 bridgehead atoms. The maximum Gasteiger partial charge on any atom is 0.291 e. The number of nitrogens with zero attached hydrogens (tertiary/aromatic N) is 2. The SMILES string of the molecule is CN=C(NCc1ccc(NC(=O)c2ccco2)cc1)N1CCC(CC(C)C)C1.I. The smallest absolute Gasteiger partial charge is 0.291 e. The van der Waals surface area contributed by atoms with E-state index in [2.05, 4.69) is 34.4 Å². The zero-order chi connectivity index (χ0) is 19.9. The van der Waals surface area contributed by atoms with E-state index in [-0.39, 0.29) is 29.9 Å². The Morgan fingerprint density at radius 1 is 1.28 bits per heavy atom. The fourth-order valence-corrected chi connectivity index (χ4v) is 3.70. The van der Waals surface area contributed by atoms with Crippen molar-refractivity contribution in [1.82, 2.24) is 10.2 Å². The van der Waals surface area contributed by atoms with Crippen LogP contribution in [0.5, 0.6) is 0 Å². The lowest BCUT2D eigenvalue weighted by atomic mass is 9.97. The number of halogens is 1. The number of aliphatic imine (C=N–C) groups is 1. The van der Waals surface area contributed by atoms with Crippen LogP contribution in [-0.4, -0.2) is 36.9 Å². The molecule has 6 nitrogen and oxygen atoms in total. The maximum atomic E-state index is 12.0. The summed E-state index contributed by atoms with van der Waals surface area (Å²) in [5.74, 6) is 2.51. The van der Waals surface area contributed by atoms with Crippen molar-refractivity contribution in [2.75, 3.05) is 25.5 Å². The minimum atomic E-state index is -0.249. The summed E-state index contributed by atoms with van der Waals surface area (Å²) in [7, 11) is 1.84. The van der Waals surface area contributed by atoms with E-state index >= 15 is 0 Å². The van der Waals surface area contributed by atoms with Gasteiger partial charge in [0.1, 0.15) is 0 Å². The number of furan rings is 1. The van der Waals surface area contributed by atoms with E-state index in [0.29, 0.717) is 12.3 Å². The number of guanidine groups is 1. The van der Waals surface area contributed by atoms with Crippen LogP contribution >= 0.6 is 24.0 Å². The third-order valence-corrected chi connectivity index (χ3v) is 5.01. The Balaban J connectivity index is 0.00000300. The van der Waals surface area contributed by atoms with Crippen LogP contribution in [0, 0.1) is 11.8 Å². The first-order chi connectivity index (χ1) is 13.5. The molecule has 1 aliphatic rings.